The average Bonchev–Trinajstić information content (AvgIpc) is 2.59. The van der Waals surface area contributed by atoms with Crippen LogP contribution in [0.2, 0.25) is 0 Å². The van der Waals surface area contributed by atoms with Gasteiger partial charge in [-0.1, -0.05) is 0 Å². The lowest BCUT2D eigenvalue weighted by Gasteiger charge is -2.11. The standard InChI is InChI=1S/C9H20N2O3S/c1-11-4-3-9(8-11)7-10-15(13,14)6-2-5-12/h9-10,12H,2-8H2,1H3. The molecule has 0 aromatic heterocycles. The molecule has 1 aliphatic heterocycles. The van der Waals surface area contributed by atoms with Gasteiger partial charge in [-0.15, -0.1) is 0 Å². The first kappa shape index (κ1) is 12.9. The Balaban J connectivity index is 2.24. The summed E-state index contributed by atoms with van der Waals surface area (Å²) in [7, 11) is -1.14. The van der Waals surface area contributed by atoms with E-state index in [1.54, 1.807) is 0 Å². The summed E-state index contributed by atoms with van der Waals surface area (Å²) in [6.45, 7) is 2.46. The van der Waals surface area contributed by atoms with Gasteiger partial charge in [-0.3, -0.25) is 0 Å². The van der Waals surface area contributed by atoms with Crippen LogP contribution in [0, 0.1) is 5.92 Å². The van der Waals surface area contributed by atoms with Crippen molar-refractivity contribution in [3.8, 4) is 0 Å². The Hall–Kier alpha value is -0.170. The molecule has 0 saturated carbocycles. The van der Waals surface area contributed by atoms with E-state index in [-0.39, 0.29) is 12.4 Å². The quantitative estimate of drug-likeness (QED) is 0.636. The zero-order valence-corrected chi connectivity index (χ0v) is 9.96. The fourth-order valence-corrected chi connectivity index (χ4v) is 2.91. The number of sulfonamides is 1. The number of hydrogen-bond acceptors (Lipinski definition) is 4. The first-order valence-electron chi connectivity index (χ1n) is 5.30. The molecule has 0 aromatic carbocycles. The van der Waals surface area contributed by atoms with Gasteiger partial charge < -0.3 is 10.0 Å². The molecule has 0 aliphatic carbocycles. The third-order valence-corrected chi connectivity index (χ3v) is 4.08. The molecule has 5 nitrogen and oxygen atoms in total. The maximum atomic E-state index is 11.4. The highest BCUT2D eigenvalue weighted by molar-refractivity contribution is 7.89. The third kappa shape index (κ3) is 4.92. The highest BCUT2D eigenvalue weighted by Crippen LogP contribution is 2.13. The van der Waals surface area contributed by atoms with E-state index in [1.807, 2.05) is 7.05 Å². The maximum absolute atomic E-state index is 11.4. The Morgan fingerprint density at radius 2 is 2.27 bits per heavy atom. The fourth-order valence-electron chi connectivity index (χ4n) is 1.76. The first-order chi connectivity index (χ1) is 7.03. The van der Waals surface area contributed by atoms with Crippen molar-refractivity contribution in [3.63, 3.8) is 0 Å². The second-order valence-electron chi connectivity index (χ2n) is 4.16. The Morgan fingerprint density at radius 1 is 1.53 bits per heavy atom. The molecule has 0 amide bonds. The molecule has 1 heterocycles. The summed E-state index contributed by atoms with van der Waals surface area (Å²) in [5.41, 5.74) is 0. The monoisotopic (exact) mass is 236 g/mol. The van der Waals surface area contributed by atoms with Gasteiger partial charge in [0.1, 0.15) is 0 Å². The molecule has 0 bridgehead atoms. The van der Waals surface area contributed by atoms with Gasteiger partial charge in [0.15, 0.2) is 0 Å². The second kappa shape index (κ2) is 5.79. The Bertz CT molecular complexity index is 279. The van der Waals surface area contributed by atoms with Crippen molar-refractivity contribution in [2.45, 2.75) is 12.8 Å². The van der Waals surface area contributed by atoms with Gasteiger partial charge in [0.2, 0.25) is 10.0 Å². The van der Waals surface area contributed by atoms with E-state index in [1.165, 1.54) is 0 Å². The van der Waals surface area contributed by atoms with Gasteiger partial charge >= 0.3 is 0 Å². The van der Waals surface area contributed by atoms with Crippen LogP contribution in [-0.2, 0) is 10.0 Å². The summed E-state index contributed by atoms with van der Waals surface area (Å²) >= 11 is 0. The minimum Gasteiger partial charge on any atom is -0.396 e. The number of aliphatic hydroxyl groups is 1. The van der Waals surface area contributed by atoms with Gasteiger partial charge in [0.05, 0.1) is 5.75 Å². The van der Waals surface area contributed by atoms with Gasteiger partial charge in [0, 0.05) is 19.7 Å². The van der Waals surface area contributed by atoms with Gasteiger partial charge in [0.25, 0.3) is 0 Å². The number of likely N-dealkylation sites (tertiary alicyclic amines) is 1. The molecular weight excluding hydrogens is 216 g/mol. The van der Waals surface area contributed by atoms with Gasteiger partial charge in [-0.05, 0) is 32.4 Å². The van der Waals surface area contributed by atoms with E-state index in [0.29, 0.717) is 18.9 Å². The molecule has 0 radical (unpaired) electrons. The molecule has 1 rings (SSSR count). The summed E-state index contributed by atoms with van der Waals surface area (Å²) < 4.78 is 25.4. The van der Waals surface area contributed by atoms with E-state index < -0.39 is 10.0 Å². The van der Waals surface area contributed by atoms with E-state index >= 15 is 0 Å². The Labute approximate surface area is 91.5 Å². The summed E-state index contributed by atoms with van der Waals surface area (Å²) in [5.74, 6) is 0.449. The largest absolute Gasteiger partial charge is 0.396 e. The number of rotatable bonds is 6. The molecule has 15 heavy (non-hydrogen) atoms. The van der Waals surface area contributed by atoms with Crippen LogP contribution in [0.4, 0.5) is 0 Å². The highest BCUT2D eigenvalue weighted by Gasteiger charge is 2.21. The van der Waals surface area contributed by atoms with E-state index in [9.17, 15) is 8.42 Å². The van der Waals surface area contributed by atoms with Crippen LogP contribution < -0.4 is 4.72 Å². The third-order valence-electron chi connectivity index (χ3n) is 2.65. The summed E-state index contributed by atoms with van der Waals surface area (Å²) in [6.07, 6.45) is 1.36. The molecule has 1 unspecified atom stereocenters. The lowest BCUT2D eigenvalue weighted by atomic mass is 10.1. The zero-order chi connectivity index (χ0) is 11.3. The van der Waals surface area contributed by atoms with Crippen molar-refractivity contribution < 1.29 is 13.5 Å². The SMILES string of the molecule is CN1CCC(CNS(=O)(=O)CCCO)C1. The molecule has 1 aliphatic rings. The van der Waals surface area contributed by atoms with E-state index in [0.717, 1.165) is 19.5 Å². The highest BCUT2D eigenvalue weighted by atomic mass is 32.2. The lowest BCUT2D eigenvalue weighted by molar-refractivity contribution is 0.295. The van der Waals surface area contributed by atoms with Crippen LogP contribution in [-0.4, -0.2) is 57.5 Å². The lowest BCUT2D eigenvalue weighted by Crippen LogP contribution is -2.32. The van der Waals surface area contributed by atoms with Crippen molar-refractivity contribution in [1.82, 2.24) is 9.62 Å². The molecular formula is C9H20N2O3S. The van der Waals surface area contributed by atoms with Crippen LogP contribution in [0.25, 0.3) is 0 Å². The minimum absolute atomic E-state index is 0.0199. The average molecular weight is 236 g/mol. The summed E-state index contributed by atoms with van der Waals surface area (Å²) in [4.78, 5) is 2.20. The number of hydrogen-bond donors (Lipinski definition) is 2. The van der Waals surface area contributed by atoms with Crippen molar-refractivity contribution >= 4 is 10.0 Å². The summed E-state index contributed by atoms with van der Waals surface area (Å²) in [5, 5.41) is 8.55. The molecule has 1 fully saturated rings. The Kier molecular flexibility index (Phi) is 4.98. The van der Waals surface area contributed by atoms with Crippen LogP contribution in [0.3, 0.4) is 0 Å². The smallest absolute Gasteiger partial charge is 0.211 e. The van der Waals surface area contributed by atoms with Crippen molar-refractivity contribution in [3.05, 3.63) is 0 Å². The molecule has 6 heteroatoms. The van der Waals surface area contributed by atoms with Crippen LogP contribution in [0.5, 0.6) is 0 Å². The van der Waals surface area contributed by atoms with E-state index in [2.05, 4.69) is 9.62 Å². The van der Waals surface area contributed by atoms with Crippen LogP contribution >= 0.6 is 0 Å². The van der Waals surface area contributed by atoms with Gasteiger partial charge in [-0.2, -0.15) is 0 Å². The topological polar surface area (TPSA) is 69.6 Å². The predicted molar refractivity (Wildman–Crippen MR) is 59.1 cm³/mol. The molecule has 90 valence electrons. The fraction of sp³-hybridized carbons (Fsp3) is 1.00. The normalized spacial score (nSPS) is 23.5. The van der Waals surface area contributed by atoms with Crippen LogP contribution in [0.1, 0.15) is 12.8 Å². The van der Waals surface area contributed by atoms with Gasteiger partial charge in [-0.25, -0.2) is 13.1 Å². The van der Waals surface area contributed by atoms with E-state index in [4.69, 9.17) is 5.11 Å². The molecule has 1 atom stereocenters. The zero-order valence-electron chi connectivity index (χ0n) is 9.15. The number of nitrogens with zero attached hydrogens (tertiary/aromatic N) is 1. The maximum Gasteiger partial charge on any atom is 0.211 e. The molecule has 0 aromatic rings. The molecule has 2 N–H and O–H groups in total. The predicted octanol–water partition coefficient (Wildman–Crippen LogP) is -0.760. The van der Waals surface area contributed by atoms with Crippen molar-refractivity contribution in [2.75, 3.05) is 39.0 Å². The number of aliphatic hydroxyl groups excluding tert-OH is 1. The van der Waals surface area contributed by atoms with Crippen molar-refractivity contribution in [1.29, 1.82) is 0 Å². The molecule has 1 saturated heterocycles. The second-order valence-corrected chi connectivity index (χ2v) is 6.09. The summed E-state index contributed by atoms with van der Waals surface area (Å²) in [6, 6.07) is 0. The van der Waals surface area contributed by atoms with Crippen molar-refractivity contribution in [2.24, 2.45) is 5.92 Å². The van der Waals surface area contributed by atoms with Crippen LogP contribution in [0.15, 0.2) is 0 Å². The Morgan fingerprint density at radius 3 is 2.80 bits per heavy atom. The number of nitrogens with one attached hydrogen (secondary N) is 1. The minimum atomic E-state index is -3.18. The first-order valence-corrected chi connectivity index (χ1v) is 6.95. The molecule has 0 spiro atoms.